The molecule has 104 valence electrons. The summed E-state index contributed by atoms with van der Waals surface area (Å²) >= 11 is 3.27. The van der Waals surface area contributed by atoms with Crippen molar-refractivity contribution < 1.29 is 21.8 Å². The highest BCUT2D eigenvalue weighted by atomic mass is 79.9. The molecule has 1 atom stereocenters. The number of amides is 1. The lowest BCUT2D eigenvalue weighted by Gasteiger charge is -2.17. The largest absolute Gasteiger partial charge is 0.496 e. The van der Waals surface area contributed by atoms with Gasteiger partial charge >= 0.3 is 10.2 Å². The molecule has 1 saturated heterocycles. The van der Waals surface area contributed by atoms with Gasteiger partial charge in [-0.05, 0) is 34.1 Å². The van der Waals surface area contributed by atoms with E-state index < -0.39 is 21.4 Å². The number of anilines is 1. The molecule has 1 heterocycles. The van der Waals surface area contributed by atoms with E-state index in [1.165, 1.54) is 12.0 Å². The predicted molar refractivity (Wildman–Crippen MR) is 71.5 cm³/mol. The van der Waals surface area contributed by atoms with Gasteiger partial charge in [0.25, 0.3) is 0 Å². The van der Waals surface area contributed by atoms with Gasteiger partial charge in [0.15, 0.2) is 0 Å². The fourth-order valence-corrected chi connectivity index (χ4v) is 3.13. The van der Waals surface area contributed by atoms with Gasteiger partial charge in [0.2, 0.25) is 5.91 Å². The average molecular weight is 352 g/mol. The SMILES string of the molecule is COc1ccc(N2CC(S(=O)(=O)F)CC2=O)cc1Br. The monoisotopic (exact) mass is 351 g/mol. The van der Waals surface area contributed by atoms with Gasteiger partial charge < -0.3 is 9.64 Å². The maximum Gasteiger partial charge on any atom is 0.307 e. The Kier molecular flexibility index (Phi) is 3.82. The molecule has 5 nitrogen and oxygen atoms in total. The smallest absolute Gasteiger partial charge is 0.307 e. The van der Waals surface area contributed by atoms with Crippen LogP contribution < -0.4 is 9.64 Å². The third kappa shape index (κ3) is 2.89. The zero-order valence-corrected chi connectivity index (χ0v) is 12.4. The summed E-state index contributed by atoms with van der Waals surface area (Å²) in [5.41, 5.74) is 0.504. The van der Waals surface area contributed by atoms with E-state index in [1.807, 2.05) is 0 Å². The number of carbonyl (C=O) groups excluding carboxylic acids is 1. The van der Waals surface area contributed by atoms with Gasteiger partial charge in [-0.3, -0.25) is 4.79 Å². The first-order valence-electron chi connectivity index (χ1n) is 5.40. The molecule has 1 aliphatic heterocycles. The predicted octanol–water partition coefficient (Wildman–Crippen LogP) is 1.86. The summed E-state index contributed by atoms with van der Waals surface area (Å²) in [5, 5.41) is -1.29. The Hall–Kier alpha value is -1.15. The van der Waals surface area contributed by atoms with Crippen molar-refractivity contribution in [2.24, 2.45) is 0 Å². The molecule has 0 bridgehead atoms. The lowest BCUT2D eigenvalue weighted by molar-refractivity contribution is -0.117. The second-order valence-corrected chi connectivity index (χ2v) is 6.60. The van der Waals surface area contributed by atoms with Crippen LogP contribution >= 0.6 is 15.9 Å². The first kappa shape index (κ1) is 14.3. The molecule has 1 fully saturated rings. The normalized spacial score (nSPS) is 19.8. The molecule has 1 aliphatic rings. The molecule has 0 saturated carbocycles. The fourth-order valence-electron chi connectivity index (χ4n) is 1.94. The summed E-state index contributed by atoms with van der Waals surface area (Å²) in [6.07, 6.45) is -0.331. The van der Waals surface area contributed by atoms with Crippen LogP contribution in [0, 0.1) is 0 Å². The van der Waals surface area contributed by atoms with Crippen LogP contribution in [-0.4, -0.2) is 33.2 Å². The van der Waals surface area contributed by atoms with Crippen LogP contribution in [0.4, 0.5) is 9.57 Å². The summed E-state index contributed by atoms with van der Waals surface area (Å²) < 4.78 is 40.3. The quantitative estimate of drug-likeness (QED) is 0.779. The van der Waals surface area contributed by atoms with E-state index in [2.05, 4.69) is 15.9 Å². The molecule has 19 heavy (non-hydrogen) atoms. The van der Waals surface area contributed by atoms with E-state index in [4.69, 9.17) is 4.74 Å². The number of carbonyl (C=O) groups is 1. The molecule has 0 N–H and O–H groups in total. The van der Waals surface area contributed by atoms with E-state index in [0.29, 0.717) is 15.9 Å². The maximum atomic E-state index is 12.9. The van der Waals surface area contributed by atoms with E-state index in [1.54, 1.807) is 18.2 Å². The molecule has 1 amide bonds. The zero-order chi connectivity index (χ0) is 14.2. The molecule has 1 aromatic carbocycles. The van der Waals surface area contributed by atoms with Crippen LogP contribution in [0.25, 0.3) is 0 Å². The summed E-state index contributed by atoms with van der Waals surface area (Å²) in [5.74, 6) is 0.174. The Morgan fingerprint density at radius 2 is 2.16 bits per heavy atom. The number of hydrogen-bond acceptors (Lipinski definition) is 4. The summed E-state index contributed by atoms with van der Waals surface area (Å²) in [7, 11) is -3.19. The minimum Gasteiger partial charge on any atom is -0.496 e. The molecule has 1 aromatic rings. The van der Waals surface area contributed by atoms with E-state index in [-0.39, 0.29) is 13.0 Å². The van der Waals surface area contributed by atoms with Crippen molar-refractivity contribution in [3.8, 4) is 5.75 Å². The number of rotatable bonds is 3. The average Bonchev–Trinajstić information content (AvgIpc) is 2.71. The first-order chi connectivity index (χ1) is 8.82. The number of hydrogen-bond donors (Lipinski definition) is 0. The topological polar surface area (TPSA) is 63.7 Å². The standard InChI is InChI=1S/C11H11BrFNO4S/c1-18-10-3-2-7(4-9(10)12)14-6-8(5-11(14)15)19(13,16)17/h2-4,8H,5-6H2,1H3. The number of halogens is 2. The third-order valence-electron chi connectivity index (χ3n) is 2.93. The minimum absolute atomic E-state index is 0.170. The Balaban J connectivity index is 2.28. The van der Waals surface area contributed by atoms with Crippen molar-refractivity contribution in [3.63, 3.8) is 0 Å². The fraction of sp³-hybridized carbons (Fsp3) is 0.364. The highest BCUT2D eigenvalue weighted by molar-refractivity contribution is 9.10. The lowest BCUT2D eigenvalue weighted by Crippen LogP contribution is -2.26. The van der Waals surface area contributed by atoms with Crippen molar-refractivity contribution in [2.75, 3.05) is 18.6 Å². The second-order valence-electron chi connectivity index (χ2n) is 4.12. The van der Waals surface area contributed by atoms with Gasteiger partial charge in [-0.1, -0.05) is 0 Å². The van der Waals surface area contributed by atoms with Gasteiger partial charge in [-0.15, -0.1) is 3.89 Å². The third-order valence-corrected chi connectivity index (χ3v) is 4.67. The van der Waals surface area contributed by atoms with Crippen LogP contribution in [0.5, 0.6) is 5.75 Å². The van der Waals surface area contributed by atoms with Crippen LogP contribution in [0.3, 0.4) is 0 Å². The van der Waals surface area contributed by atoms with Crippen LogP contribution in [0.2, 0.25) is 0 Å². The lowest BCUT2D eigenvalue weighted by atomic mass is 10.3. The highest BCUT2D eigenvalue weighted by Gasteiger charge is 2.39. The summed E-state index contributed by atoms with van der Waals surface area (Å²) in [6, 6.07) is 4.89. The van der Waals surface area contributed by atoms with E-state index >= 15 is 0 Å². The van der Waals surface area contributed by atoms with E-state index in [9.17, 15) is 17.1 Å². The van der Waals surface area contributed by atoms with Crippen molar-refractivity contribution in [1.29, 1.82) is 0 Å². The number of ether oxygens (including phenoxy) is 1. The van der Waals surface area contributed by atoms with Crippen molar-refractivity contribution >= 4 is 37.7 Å². The van der Waals surface area contributed by atoms with Gasteiger partial charge in [-0.25, -0.2) is 0 Å². The van der Waals surface area contributed by atoms with Gasteiger partial charge in [0, 0.05) is 18.7 Å². The van der Waals surface area contributed by atoms with Gasteiger partial charge in [-0.2, -0.15) is 8.42 Å². The molecular formula is C11H11BrFNO4S. The number of methoxy groups -OCH3 is 1. The molecule has 8 heteroatoms. The molecule has 0 spiro atoms. The van der Waals surface area contributed by atoms with Crippen LogP contribution in [0.1, 0.15) is 6.42 Å². The van der Waals surface area contributed by atoms with Gasteiger partial charge in [0.05, 0.1) is 11.6 Å². The Morgan fingerprint density at radius 3 is 2.63 bits per heavy atom. The molecule has 0 aliphatic carbocycles. The highest BCUT2D eigenvalue weighted by Crippen LogP contribution is 2.32. The Labute approximate surface area is 118 Å². The molecule has 2 rings (SSSR count). The molecule has 0 aromatic heterocycles. The second kappa shape index (κ2) is 5.09. The first-order valence-corrected chi connectivity index (χ1v) is 7.64. The van der Waals surface area contributed by atoms with Crippen molar-refractivity contribution in [1.82, 2.24) is 0 Å². The molecular weight excluding hydrogens is 341 g/mol. The molecule has 0 radical (unpaired) electrons. The van der Waals surface area contributed by atoms with Crippen LogP contribution in [0.15, 0.2) is 22.7 Å². The number of nitrogens with zero attached hydrogens (tertiary/aromatic N) is 1. The Morgan fingerprint density at radius 1 is 1.47 bits per heavy atom. The summed E-state index contributed by atoms with van der Waals surface area (Å²) in [6.45, 7) is -0.170. The van der Waals surface area contributed by atoms with Crippen molar-refractivity contribution in [3.05, 3.63) is 22.7 Å². The minimum atomic E-state index is -4.70. The molecule has 1 unspecified atom stereocenters. The van der Waals surface area contributed by atoms with Crippen LogP contribution in [-0.2, 0) is 15.0 Å². The van der Waals surface area contributed by atoms with E-state index in [0.717, 1.165) is 0 Å². The van der Waals surface area contributed by atoms with Crippen molar-refractivity contribution in [2.45, 2.75) is 11.7 Å². The number of benzene rings is 1. The maximum absolute atomic E-state index is 12.9. The van der Waals surface area contributed by atoms with Gasteiger partial charge in [0.1, 0.15) is 11.0 Å². The summed E-state index contributed by atoms with van der Waals surface area (Å²) in [4.78, 5) is 13.0. The Bertz CT molecular complexity index is 619. The zero-order valence-electron chi connectivity index (χ0n) is 9.97.